The Hall–Kier alpha value is -0.200. The summed E-state index contributed by atoms with van der Waals surface area (Å²) in [4.78, 5) is 0. The Morgan fingerprint density at radius 1 is 1.67 bits per heavy atom. The molecule has 68 valence electrons. The van der Waals surface area contributed by atoms with Gasteiger partial charge >= 0.3 is 0 Å². The summed E-state index contributed by atoms with van der Waals surface area (Å²) in [7, 11) is 0. The summed E-state index contributed by atoms with van der Waals surface area (Å²) in [5, 5.41) is 12.5. The summed E-state index contributed by atoms with van der Waals surface area (Å²) in [5.41, 5.74) is 0. The second kappa shape index (κ2) is 5.45. The summed E-state index contributed by atoms with van der Waals surface area (Å²) in [5.74, 6) is 1.30. The van der Waals surface area contributed by atoms with E-state index in [1.807, 2.05) is 11.8 Å². The second-order valence-corrected chi connectivity index (χ2v) is 4.67. The molecule has 0 saturated carbocycles. The maximum absolute atomic E-state index is 8.37. The van der Waals surface area contributed by atoms with E-state index in [0.29, 0.717) is 12.5 Å². The van der Waals surface area contributed by atoms with Gasteiger partial charge in [0.25, 0.3) is 0 Å². The van der Waals surface area contributed by atoms with Gasteiger partial charge in [-0.15, -0.1) is 0 Å². The molecule has 1 aliphatic heterocycles. The van der Waals surface area contributed by atoms with Crippen molar-refractivity contribution < 1.29 is 0 Å². The second-order valence-electron chi connectivity index (χ2n) is 3.19. The van der Waals surface area contributed by atoms with Gasteiger partial charge in [-0.1, -0.05) is 6.92 Å². The lowest BCUT2D eigenvalue weighted by molar-refractivity contribution is 0.468. The topological polar surface area (TPSA) is 35.8 Å². The smallest absolute Gasteiger partial charge is 0.0635 e. The summed E-state index contributed by atoms with van der Waals surface area (Å²) < 4.78 is 0. The highest BCUT2D eigenvalue weighted by Crippen LogP contribution is 2.24. The molecular weight excluding hydrogens is 168 g/mol. The van der Waals surface area contributed by atoms with E-state index in [1.165, 1.54) is 18.6 Å². The average molecular weight is 184 g/mol. The van der Waals surface area contributed by atoms with Crippen LogP contribution < -0.4 is 5.32 Å². The van der Waals surface area contributed by atoms with Crippen LogP contribution in [0.15, 0.2) is 0 Å². The fourth-order valence-electron chi connectivity index (χ4n) is 1.50. The first-order valence-corrected chi connectivity index (χ1v) is 5.61. The van der Waals surface area contributed by atoms with Gasteiger partial charge in [0.05, 0.1) is 6.07 Å². The van der Waals surface area contributed by atoms with Crippen LogP contribution >= 0.6 is 11.8 Å². The molecule has 0 bridgehead atoms. The van der Waals surface area contributed by atoms with E-state index in [1.54, 1.807) is 0 Å². The molecule has 1 heterocycles. The van der Waals surface area contributed by atoms with Crippen LogP contribution in [0.5, 0.6) is 0 Å². The molecule has 1 saturated heterocycles. The lowest BCUT2D eigenvalue weighted by Gasteiger charge is -2.28. The monoisotopic (exact) mass is 184 g/mol. The molecule has 1 N–H and O–H groups in total. The van der Waals surface area contributed by atoms with Crippen LogP contribution in [0.1, 0.15) is 26.2 Å². The molecule has 0 amide bonds. The summed E-state index contributed by atoms with van der Waals surface area (Å²) in [6, 6.07) is 2.79. The molecule has 0 aromatic heterocycles. The van der Waals surface area contributed by atoms with E-state index >= 15 is 0 Å². The third-order valence-corrected chi connectivity index (χ3v) is 3.63. The van der Waals surface area contributed by atoms with E-state index in [9.17, 15) is 0 Å². The highest BCUT2D eigenvalue weighted by atomic mass is 32.2. The lowest BCUT2D eigenvalue weighted by atomic mass is 10.1. The Bertz CT molecular complexity index is 164. The van der Waals surface area contributed by atoms with Crippen molar-refractivity contribution in [3.8, 4) is 6.07 Å². The zero-order valence-electron chi connectivity index (χ0n) is 7.55. The Balaban J connectivity index is 2.16. The molecule has 2 nitrogen and oxygen atoms in total. The largest absolute Gasteiger partial charge is 0.312 e. The van der Waals surface area contributed by atoms with Gasteiger partial charge in [0, 0.05) is 24.3 Å². The zero-order chi connectivity index (χ0) is 8.81. The zero-order valence-corrected chi connectivity index (χ0v) is 8.36. The van der Waals surface area contributed by atoms with E-state index in [4.69, 9.17) is 5.26 Å². The minimum absolute atomic E-state index is 0.633. The predicted octanol–water partition coefficient (Wildman–Crippen LogP) is 1.77. The van der Waals surface area contributed by atoms with Crippen LogP contribution in [0.4, 0.5) is 0 Å². The molecule has 1 rings (SSSR count). The van der Waals surface area contributed by atoms with Crippen LogP contribution in [0.25, 0.3) is 0 Å². The fourth-order valence-corrected chi connectivity index (χ4v) is 2.67. The maximum Gasteiger partial charge on any atom is 0.0635 e. The van der Waals surface area contributed by atoms with Crippen molar-refractivity contribution in [3.63, 3.8) is 0 Å². The van der Waals surface area contributed by atoms with E-state index in [0.717, 1.165) is 11.8 Å². The van der Waals surface area contributed by atoms with Gasteiger partial charge in [-0.2, -0.15) is 17.0 Å². The molecule has 0 spiro atoms. The molecule has 2 atom stereocenters. The molecule has 1 fully saturated rings. The minimum atomic E-state index is 0.633. The number of nitrogens with one attached hydrogen (secondary N) is 1. The highest BCUT2D eigenvalue weighted by molar-refractivity contribution is 7.99. The number of rotatable bonds is 3. The molecule has 1 aliphatic rings. The van der Waals surface area contributed by atoms with Gasteiger partial charge in [0.1, 0.15) is 0 Å². The van der Waals surface area contributed by atoms with Crippen molar-refractivity contribution in [2.45, 2.75) is 37.5 Å². The number of hydrogen-bond acceptors (Lipinski definition) is 3. The first kappa shape index (κ1) is 9.88. The standard InChI is InChI=1S/C9H16N2S/c1-8-9(4-2-7-12-8)11-6-3-5-10/h8-9,11H,2-4,6-7H2,1H3. The molecule has 0 aromatic carbocycles. The van der Waals surface area contributed by atoms with Gasteiger partial charge in [0.15, 0.2) is 0 Å². The highest BCUT2D eigenvalue weighted by Gasteiger charge is 2.20. The average Bonchev–Trinajstić information content (AvgIpc) is 2.09. The predicted molar refractivity (Wildman–Crippen MR) is 53.2 cm³/mol. The molecule has 0 radical (unpaired) electrons. The van der Waals surface area contributed by atoms with Crippen LogP contribution in [-0.2, 0) is 0 Å². The lowest BCUT2D eigenvalue weighted by Crippen LogP contribution is -2.39. The van der Waals surface area contributed by atoms with Gasteiger partial charge in [-0.25, -0.2) is 0 Å². The van der Waals surface area contributed by atoms with Gasteiger partial charge in [0.2, 0.25) is 0 Å². The van der Waals surface area contributed by atoms with Crippen molar-refractivity contribution in [2.75, 3.05) is 12.3 Å². The summed E-state index contributed by atoms with van der Waals surface area (Å²) >= 11 is 2.04. The number of nitriles is 1. The number of nitrogens with zero attached hydrogens (tertiary/aromatic N) is 1. The van der Waals surface area contributed by atoms with E-state index in [2.05, 4.69) is 18.3 Å². The van der Waals surface area contributed by atoms with Crippen molar-refractivity contribution >= 4 is 11.8 Å². The molecular formula is C9H16N2S. The number of hydrogen-bond donors (Lipinski definition) is 1. The van der Waals surface area contributed by atoms with Crippen LogP contribution in [0, 0.1) is 11.3 Å². The maximum atomic E-state index is 8.37. The minimum Gasteiger partial charge on any atom is -0.312 e. The molecule has 0 aromatic rings. The fraction of sp³-hybridized carbons (Fsp3) is 0.889. The van der Waals surface area contributed by atoms with Gasteiger partial charge < -0.3 is 5.32 Å². The first-order chi connectivity index (χ1) is 5.84. The van der Waals surface area contributed by atoms with Crippen molar-refractivity contribution in [1.82, 2.24) is 5.32 Å². The van der Waals surface area contributed by atoms with Crippen LogP contribution in [-0.4, -0.2) is 23.6 Å². The molecule has 0 aliphatic carbocycles. The van der Waals surface area contributed by atoms with Crippen molar-refractivity contribution in [2.24, 2.45) is 0 Å². The summed E-state index contributed by atoms with van der Waals surface area (Å²) in [6.45, 7) is 3.12. The van der Waals surface area contributed by atoms with Gasteiger partial charge in [-0.3, -0.25) is 0 Å². The van der Waals surface area contributed by atoms with Gasteiger partial charge in [-0.05, 0) is 18.6 Å². The van der Waals surface area contributed by atoms with Crippen molar-refractivity contribution in [3.05, 3.63) is 0 Å². The number of thioether (sulfide) groups is 1. The Morgan fingerprint density at radius 3 is 3.17 bits per heavy atom. The van der Waals surface area contributed by atoms with E-state index in [-0.39, 0.29) is 0 Å². The quantitative estimate of drug-likeness (QED) is 0.679. The normalized spacial score (nSPS) is 29.7. The Kier molecular flexibility index (Phi) is 4.49. The summed E-state index contributed by atoms with van der Waals surface area (Å²) in [6.07, 6.45) is 3.23. The van der Waals surface area contributed by atoms with Crippen molar-refractivity contribution in [1.29, 1.82) is 5.26 Å². The molecule has 3 heteroatoms. The third-order valence-electron chi connectivity index (χ3n) is 2.25. The van der Waals surface area contributed by atoms with Crippen LogP contribution in [0.2, 0.25) is 0 Å². The van der Waals surface area contributed by atoms with E-state index < -0.39 is 0 Å². The Labute approximate surface area is 78.7 Å². The van der Waals surface area contributed by atoms with Crippen LogP contribution in [0.3, 0.4) is 0 Å². The SMILES string of the molecule is CC1SCCCC1NCCC#N. The molecule has 12 heavy (non-hydrogen) atoms. The molecule has 2 unspecified atom stereocenters. The Morgan fingerprint density at radius 2 is 2.50 bits per heavy atom. The first-order valence-electron chi connectivity index (χ1n) is 4.56. The third kappa shape index (κ3) is 3.04.